The van der Waals surface area contributed by atoms with E-state index in [1.54, 1.807) is 6.07 Å². The summed E-state index contributed by atoms with van der Waals surface area (Å²) in [6.07, 6.45) is -2.36. The Hall–Kier alpha value is -1.81. The number of nitrogens with one attached hydrogen (secondary N) is 1. The summed E-state index contributed by atoms with van der Waals surface area (Å²) < 4.78 is 39.1. The molecule has 30 heavy (non-hydrogen) atoms. The largest absolute Gasteiger partial charge is 0.380 e. The number of halogens is 3. The lowest BCUT2D eigenvalue weighted by atomic mass is 9.91. The minimum atomic E-state index is -1.35. The van der Waals surface area contributed by atoms with E-state index in [2.05, 4.69) is 5.32 Å². The van der Waals surface area contributed by atoms with E-state index in [0.29, 0.717) is 25.3 Å². The second-order valence-corrected chi connectivity index (χ2v) is 8.35. The molecule has 1 aromatic carbocycles. The Labute approximate surface area is 178 Å². The zero-order chi connectivity index (χ0) is 21.4. The van der Waals surface area contributed by atoms with E-state index in [0.717, 1.165) is 0 Å². The van der Waals surface area contributed by atoms with Crippen molar-refractivity contribution >= 4 is 23.4 Å². The van der Waals surface area contributed by atoms with Gasteiger partial charge in [-0.3, -0.25) is 14.9 Å². The highest BCUT2D eigenvalue weighted by molar-refractivity contribution is 6.30. The number of hydrogen-bond acceptors (Lipinski definition) is 5. The summed E-state index contributed by atoms with van der Waals surface area (Å²) in [4.78, 5) is 29.1. The Bertz CT molecular complexity index is 825. The van der Waals surface area contributed by atoms with Crippen molar-refractivity contribution in [2.24, 2.45) is 5.92 Å². The van der Waals surface area contributed by atoms with Crippen LogP contribution in [0.2, 0.25) is 5.02 Å². The molecule has 1 aromatic rings. The minimum absolute atomic E-state index is 0.0124. The molecule has 3 aliphatic heterocycles. The lowest BCUT2D eigenvalue weighted by Gasteiger charge is -2.49. The summed E-state index contributed by atoms with van der Waals surface area (Å²) in [6.45, 7) is 0.896. The number of piperazine rings is 1. The number of hydrogen-bond donors (Lipinski definition) is 1. The molecule has 0 bridgehead atoms. The molecule has 0 saturated carbocycles. The fraction of sp³-hybridized carbons (Fsp3) is 0.600. The molecule has 0 radical (unpaired) electrons. The van der Waals surface area contributed by atoms with Gasteiger partial charge in [0.15, 0.2) is 0 Å². The number of amides is 2. The number of carbonyl (C=O) groups excluding carboxylic acids is 2. The fourth-order valence-electron chi connectivity index (χ4n) is 4.25. The van der Waals surface area contributed by atoms with Gasteiger partial charge < -0.3 is 19.3 Å². The van der Waals surface area contributed by atoms with E-state index in [4.69, 9.17) is 21.1 Å². The van der Waals surface area contributed by atoms with Crippen LogP contribution in [0.1, 0.15) is 12.0 Å². The predicted octanol–water partition coefficient (Wildman–Crippen LogP) is 1.34. The highest BCUT2D eigenvalue weighted by atomic mass is 35.5. The van der Waals surface area contributed by atoms with E-state index in [9.17, 15) is 18.4 Å². The van der Waals surface area contributed by atoms with Crippen LogP contribution in [0.5, 0.6) is 0 Å². The topological polar surface area (TPSA) is 71.1 Å². The number of methoxy groups -OCH3 is 1. The van der Waals surface area contributed by atoms with E-state index in [1.165, 1.54) is 29.0 Å². The summed E-state index contributed by atoms with van der Waals surface area (Å²) in [7, 11) is 1.51. The maximum absolute atomic E-state index is 14.8. The van der Waals surface area contributed by atoms with Crippen LogP contribution in [0.25, 0.3) is 0 Å². The molecule has 164 valence electrons. The van der Waals surface area contributed by atoms with E-state index in [-0.39, 0.29) is 48.4 Å². The molecule has 3 fully saturated rings. The Balaban J connectivity index is 1.56. The smallest absolute Gasteiger partial charge is 0.247 e. The van der Waals surface area contributed by atoms with Crippen molar-refractivity contribution in [1.29, 1.82) is 0 Å². The first kappa shape index (κ1) is 21.4. The molecule has 3 heterocycles. The maximum atomic E-state index is 14.8. The average Bonchev–Trinajstić information content (AvgIpc) is 2.68. The molecule has 10 heteroatoms. The molecule has 2 amide bonds. The Kier molecular flexibility index (Phi) is 6.24. The normalized spacial score (nSPS) is 30.5. The molecule has 1 N–H and O–H groups in total. The molecule has 0 aromatic heterocycles. The maximum Gasteiger partial charge on any atom is 0.247 e. The molecule has 4 rings (SSSR count). The van der Waals surface area contributed by atoms with Crippen molar-refractivity contribution in [3.63, 3.8) is 0 Å². The van der Waals surface area contributed by atoms with E-state index >= 15 is 0 Å². The van der Waals surface area contributed by atoms with Gasteiger partial charge in [-0.05, 0) is 17.7 Å². The summed E-state index contributed by atoms with van der Waals surface area (Å²) >= 11 is 5.74. The number of alkyl halides is 1. The molecular formula is C20H24ClF2N3O4. The van der Waals surface area contributed by atoms with Crippen LogP contribution in [-0.2, 0) is 25.6 Å². The van der Waals surface area contributed by atoms with E-state index < -0.39 is 24.2 Å². The van der Waals surface area contributed by atoms with Crippen LogP contribution >= 0.6 is 11.6 Å². The zero-order valence-corrected chi connectivity index (χ0v) is 17.3. The molecule has 3 saturated heterocycles. The number of nitrogens with zero attached hydrogens (tertiary/aromatic N) is 2. The SMILES string of the molecule is COC1CNC(N2CC(=O)N(Cc3ccc(Cl)c(F)c3)[C@@H](C3COC3)C2=O)C(F)C1. The molecule has 0 aliphatic carbocycles. The monoisotopic (exact) mass is 443 g/mol. The number of piperidine rings is 1. The van der Waals surface area contributed by atoms with Crippen molar-refractivity contribution in [3.05, 3.63) is 34.6 Å². The average molecular weight is 444 g/mol. The van der Waals surface area contributed by atoms with Crippen LogP contribution in [0.3, 0.4) is 0 Å². The molecule has 7 nitrogen and oxygen atoms in total. The predicted molar refractivity (Wildman–Crippen MR) is 104 cm³/mol. The number of rotatable bonds is 5. The first-order valence-electron chi connectivity index (χ1n) is 9.91. The number of carbonyl (C=O) groups is 2. The van der Waals surface area contributed by atoms with Crippen LogP contribution in [0.4, 0.5) is 8.78 Å². The van der Waals surface area contributed by atoms with Gasteiger partial charge in [0.05, 0.1) is 24.3 Å². The first-order valence-corrected chi connectivity index (χ1v) is 10.3. The molecule has 4 atom stereocenters. The molecule has 3 unspecified atom stereocenters. The Morgan fingerprint density at radius 1 is 1.33 bits per heavy atom. The van der Waals surface area contributed by atoms with Gasteiger partial charge in [-0.2, -0.15) is 0 Å². The highest BCUT2D eigenvalue weighted by Gasteiger charge is 2.49. The van der Waals surface area contributed by atoms with Crippen LogP contribution in [-0.4, -0.2) is 79.5 Å². The molecule has 0 spiro atoms. The summed E-state index contributed by atoms with van der Waals surface area (Å²) in [5, 5.41) is 2.99. The van der Waals surface area contributed by atoms with Crippen molar-refractivity contribution < 1.29 is 27.8 Å². The van der Waals surface area contributed by atoms with Gasteiger partial charge in [0.25, 0.3) is 0 Å². The third-order valence-electron chi connectivity index (χ3n) is 6.00. The van der Waals surface area contributed by atoms with Crippen LogP contribution in [0.15, 0.2) is 18.2 Å². The summed E-state index contributed by atoms with van der Waals surface area (Å²) in [6, 6.07) is 3.51. The van der Waals surface area contributed by atoms with Gasteiger partial charge in [0.1, 0.15) is 30.7 Å². The van der Waals surface area contributed by atoms with Gasteiger partial charge >= 0.3 is 0 Å². The van der Waals surface area contributed by atoms with E-state index in [1.807, 2.05) is 0 Å². The third kappa shape index (κ3) is 4.03. The third-order valence-corrected chi connectivity index (χ3v) is 6.31. The van der Waals surface area contributed by atoms with Gasteiger partial charge in [-0.25, -0.2) is 8.78 Å². The van der Waals surface area contributed by atoms with Gasteiger partial charge in [-0.15, -0.1) is 0 Å². The van der Waals surface area contributed by atoms with Crippen molar-refractivity contribution in [3.8, 4) is 0 Å². The molecular weight excluding hydrogens is 420 g/mol. The number of benzene rings is 1. The Morgan fingerprint density at radius 2 is 2.10 bits per heavy atom. The highest BCUT2D eigenvalue weighted by Crippen LogP contribution is 2.30. The zero-order valence-electron chi connectivity index (χ0n) is 16.5. The summed E-state index contributed by atoms with van der Waals surface area (Å²) in [5.74, 6) is -1.41. The summed E-state index contributed by atoms with van der Waals surface area (Å²) in [5.41, 5.74) is 0.527. The van der Waals surface area contributed by atoms with Crippen molar-refractivity contribution in [1.82, 2.24) is 15.1 Å². The van der Waals surface area contributed by atoms with Gasteiger partial charge in [0.2, 0.25) is 11.8 Å². The lowest BCUT2D eigenvalue weighted by molar-refractivity contribution is -0.174. The van der Waals surface area contributed by atoms with Gasteiger partial charge in [-0.1, -0.05) is 17.7 Å². The quantitative estimate of drug-likeness (QED) is 0.743. The molecule has 3 aliphatic rings. The second-order valence-electron chi connectivity index (χ2n) is 7.94. The number of ether oxygens (including phenoxy) is 2. The lowest BCUT2D eigenvalue weighted by Crippen LogP contribution is -2.70. The van der Waals surface area contributed by atoms with Crippen LogP contribution in [0, 0.1) is 11.7 Å². The Morgan fingerprint density at radius 3 is 2.70 bits per heavy atom. The second kappa shape index (κ2) is 8.74. The van der Waals surface area contributed by atoms with Crippen LogP contribution < -0.4 is 5.32 Å². The fourth-order valence-corrected chi connectivity index (χ4v) is 4.37. The minimum Gasteiger partial charge on any atom is -0.380 e. The standard InChI is InChI=1S/C20H24ClF2N3O4/c1-29-13-5-16(23)19(24-6-13)26-8-17(27)25(18(20(26)28)12-9-30-10-12)7-11-2-3-14(21)15(22)4-11/h2-4,12-13,16,18-19,24H,5-10H2,1H3/t13?,16?,18-,19?/m0/s1. The first-order chi connectivity index (χ1) is 14.4. The van der Waals surface area contributed by atoms with Crippen molar-refractivity contribution in [2.75, 3.05) is 33.4 Å². The van der Waals surface area contributed by atoms with Gasteiger partial charge in [0, 0.05) is 32.5 Å². The van der Waals surface area contributed by atoms with Crippen molar-refractivity contribution in [2.45, 2.75) is 37.4 Å².